The fourth-order valence-corrected chi connectivity index (χ4v) is 1.06. The Morgan fingerprint density at radius 3 is 2.94 bits per heavy atom. The van der Waals surface area contributed by atoms with Gasteiger partial charge in [0.15, 0.2) is 0 Å². The molecule has 0 radical (unpaired) electrons. The number of nitrogens with zero attached hydrogens (tertiary/aromatic N) is 1. The summed E-state index contributed by atoms with van der Waals surface area (Å²) in [6, 6.07) is 3.66. The second-order valence-electron chi connectivity index (χ2n) is 2.83. The van der Waals surface area contributed by atoms with Gasteiger partial charge in [-0.15, -0.1) is 0 Å². The van der Waals surface area contributed by atoms with E-state index in [2.05, 4.69) is 4.74 Å². The molecule has 0 saturated heterocycles. The monoisotopic (exact) mass is 230 g/mol. The first-order valence-corrected chi connectivity index (χ1v) is 4.42. The van der Waals surface area contributed by atoms with Crippen molar-refractivity contribution in [2.45, 2.75) is 0 Å². The third kappa shape index (κ3) is 3.09. The molecule has 1 aromatic rings. The summed E-state index contributed by atoms with van der Waals surface area (Å²) in [5.41, 5.74) is -0.435. The highest BCUT2D eigenvalue weighted by molar-refractivity contribution is 5.50. The van der Waals surface area contributed by atoms with Crippen molar-refractivity contribution in [2.75, 3.05) is 27.4 Å². The molecule has 0 aromatic heterocycles. The Balaban J connectivity index is 2.94. The predicted octanol–water partition coefficient (Wildman–Crippen LogP) is 1.63. The van der Waals surface area contributed by atoms with Gasteiger partial charge >= 0.3 is 5.69 Å². The summed E-state index contributed by atoms with van der Waals surface area (Å²) in [7, 11) is -1.27. The number of hydrogen-bond acceptors (Lipinski definition) is 5. The van der Waals surface area contributed by atoms with Crippen molar-refractivity contribution in [3.8, 4) is 11.5 Å². The topological polar surface area (TPSA) is 70.8 Å². The second-order valence-corrected chi connectivity index (χ2v) is 2.83. The predicted molar refractivity (Wildman–Crippen MR) is 57.0 cm³/mol. The van der Waals surface area contributed by atoms with E-state index in [-0.39, 0.29) is 18.1 Å². The van der Waals surface area contributed by atoms with Crippen molar-refractivity contribution in [3.05, 3.63) is 28.3 Å². The fraction of sp³-hybridized carbons (Fsp3) is 0.400. The summed E-state index contributed by atoms with van der Waals surface area (Å²) in [4.78, 5) is 10.0. The van der Waals surface area contributed by atoms with Gasteiger partial charge in [0.05, 0.1) is 22.7 Å². The van der Waals surface area contributed by atoms with Gasteiger partial charge in [0.1, 0.15) is 12.4 Å². The van der Waals surface area contributed by atoms with Gasteiger partial charge in [-0.3, -0.25) is 10.1 Å². The van der Waals surface area contributed by atoms with Gasteiger partial charge in [-0.2, -0.15) is 0 Å². The smallest absolute Gasteiger partial charge is 0.311 e. The van der Waals surface area contributed by atoms with Crippen molar-refractivity contribution in [1.82, 2.24) is 0 Å². The van der Waals surface area contributed by atoms with Gasteiger partial charge in [0.2, 0.25) is 5.75 Å². The summed E-state index contributed by atoms with van der Waals surface area (Å²) < 4.78 is 35.5. The Hall–Kier alpha value is -1.82. The van der Waals surface area contributed by atoms with Crippen molar-refractivity contribution in [2.24, 2.45) is 0 Å². The molecule has 0 fully saturated rings. The number of nitro groups is 1. The number of benzene rings is 1. The van der Waals surface area contributed by atoms with Gasteiger partial charge in [0.25, 0.3) is 0 Å². The fourth-order valence-electron chi connectivity index (χ4n) is 1.06. The van der Waals surface area contributed by atoms with Crippen LogP contribution in [0, 0.1) is 10.1 Å². The maximum atomic E-state index is 10.8. The second kappa shape index (κ2) is 5.92. The number of ether oxygens (including phenoxy) is 3. The standard InChI is InChI=1S/C10H13NO5/c1-14-5-6-16-8-3-4-9(11(12)13)10(7-8)15-2/h3-4,7H,5-6H2,1-2H3/i2D3. The first kappa shape index (κ1) is 8.35. The van der Waals surface area contributed by atoms with Crippen LogP contribution >= 0.6 is 0 Å². The van der Waals surface area contributed by atoms with Crippen LogP contribution in [0.4, 0.5) is 5.69 Å². The molecule has 0 unspecified atom stereocenters. The van der Waals surface area contributed by atoms with Gasteiger partial charge in [-0.1, -0.05) is 0 Å². The van der Waals surface area contributed by atoms with Crippen molar-refractivity contribution in [3.63, 3.8) is 0 Å². The Morgan fingerprint density at radius 1 is 1.50 bits per heavy atom. The van der Waals surface area contributed by atoms with Gasteiger partial charge in [0, 0.05) is 19.2 Å². The normalized spacial score (nSPS) is 13.4. The van der Waals surface area contributed by atoms with Crippen LogP contribution in [0.5, 0.6) is 11.5 Å². The largest absolute Gasteiger partial charge is 0.491 e. The Kier molecular flexibility index (Phi) is 3.09. The van der Waals surface area contributed by atoms with E-state index in [4.69, 9.17) is 13.6 Å². The number of nitro benzene ring substituents is 1. The lowest BCUT2D eigenvalue weighted by Gasteiger charge is -2.07. The summed E-state index contributed by atoms with van der Waals surface area (Å²) in [6.45, 7) is 0.577. The van der Waals surface area contributed by atoms with E-state index in [1.807, 2.05) is 0 Å². The summed E-state index contributed by atoms with van der Waals surface area (Å²) >= 11 is 0. The van der Waals surface area contributed by atoms with Crippen molar-refractivity contribution >= 4 is 5.69 Å². The zero-order valence-electron chi connectivity index (χ0n) is 11.6. The van der Waals surface area contributed by atoms with E-state index < -0.39 is 17.6 Å². The molecule has 6 heteroatoms. The van der Waals surface area contributed by atoms with Crippen LogP contribution in [0.1, 0.15) is 4.11 Å². The van der Waals surface area contributed by atoms with Gasteiger partial charge in [-0.25, -0.2) is 0 Å². The first-order chi connectivity index (χ1) is 8.83. The third-order valence-electron chi connectivity index (χ3n) is 1.79. The molecule has 88 valence electrons. The molecule has 0 saturated carbocycles. The summed E-state index contributed by atoms with van der Waals surface area (Å²) in [5.74, 6) is -0.0955. The average Bonchev–Trinajstić information content (AvgIpc) is 2.27. The molecule has 0 aliphatic heterocycles. The molecular weight excluding hydrogens is 214 g/mol. The lowest BCUT2D eigenvalue weighted by molar-refractivity contribution is -0.385. The van der Waals surface area contributed by atoms with E-state index in [0.717, 1.165) is 6.07 Å². The van der Waals surface area contributed by atoms with Crippen molar-refractivity contribution in [1.29, 1.82) is 0 Å². The van der Waals surface area contributed by atoms with Crippen LogP contribution in [0.15, 0.2) is 18.2 Å². The van der Waals surface area contributed by atoms with E-state index >= 15 is 0 Å². The average molecular weight is 230 g/mol. The van der Waals surface area contributed by atoms with E-state index in [9.17, 15) is 10.1 Å². The van der Waals surface area contributed by atoms with Gasteiger partial charge in [-0.05, 0) is 6.07 Å². The van der Waals surface area contributed by atoms with Crippen LogP contribution in [0.25, 0.3) is 0 Å². The van der Waals surface area contributed by atoms with E-state index in [1.54, 1.807) is 0 Å². The molecule has 0 spiro atoms. The molecule has 0 heterocycles. The van der Waals surface area contributed by atoms with Crippen LogP contribution in [-0.2, 0) is 4.74 Å². The highest BCUT2D eigenvalue weighted by Crippen LogP contribution is 2.30. The number of methoxy groups -OCH3 is 2. The highest BCUT2D eigenvalue weighted by Gasteiger charge is 2.14. The molecule has 1 rings (SSSR count). The maximum Gasteiger partial charge on any atom is 0.311 e. The molecule has 0 N–H and O–H groups in total. The van der Waals surface area contributed by atoms with E-state index in [1.165, 1.54) is 19.2 Å². The van der Waals surface area contributed by atoms with E-state index in [0.29, 0.717) is 6.61 Å². The Morgan fingerprint density at radius 2 is 2.31 bits per heavy atom. The minimum atomic E-state index is -2.77. The molecule has 0 amide bonds. The molecule has 6 nitrogen and oxygen atoms in total. The molecule has 0 bridgehead atoms. The minimum Gasteiger partial charge on any atom is -0.491 e. The maximum absolute atomic E-state index is 10.8. The minimum absolute atomic E-state index is 0.238. The highest BCUT2D eigenvalue weighted by atomic mass is 16.6. The number of hydrogen-bond donors (Lipinski definition) is 0. The number of rotatable bonds is 6. The SMILES string of the molecule is [2H]C([2H])([2H])Oc1cc(OCCOC)ccc1[N+](=O)[O-]. The lowest BCUT2D eigenvalue weighted by atomic mass is 10.3. The van der Waals surface area contributed by atoms with Crippen LogP contribution in [0.3, 0.4) is 0 Å². The zero-order valence-corrected chi connectivity index (χ0v) is 8.63. The Labute approximate surface area is 97.1 Å². The molecular formula is C10H13NO5. The van der Waals surface area contributed by atoms with Crippen LogP contribution < -0.4 is 9.47 Å². The quantitative estimate of drug-likeness (QED) is 0.422. The van der Waals surface area contributed by atoms with Crippen LogP contribution in [-0.4, -0.2) is 32.3 Å². The Bertz CT molecular complexity index is 449. The van der Waals surface area contributed by atoms with Gasteiger partial charge < -0.3 is 14.2 Å². The molecule has 0 aliphatic carbocycles. The van der Waals surface area contributed by atoms with Crippen LogP contribution in [0.2, 0.25) is 0 Å². The molecule has 0 atom stereocenters. The molecule has 1 aromatic carbocycles. The zero-order chi connectivity index (χ0) is 14.5. The van der Waals surface area contributed by atoms with Crippen molar-refractivity contribution < 1.29 is 23.2 Å². The molecule has 0 aliphatic rings. The molecule has 16 heavy (non-hydrogen) atoms. The summed E-state index contributed by atoms with van der Waals surface area (Å²) in [5, 5.41) is 10.8. The first-order valence-electron chi connectivity index (χ1n) is 5.92. The summed E-state index contributed by atoms with van der Waals surface area (Å²) in [6.07, 6.45) is 0. The lowest BCUT2D eigenvalue weighted by Crippen LogP contribution is -2.04. The third-order valence-corrected chi connectivity index (χ3v) is 1.79.